The molecular formula is C7H7Br2NO3S. The number of ether oxygens (including phenoxy) is 1. The van der Waals surface area contributed by atoms with Crippen LogP contribution >= 0.6 is 31.9 Å². The molecule has 1 rings (SSSR count). The summed E-state index contributed by atoms with van der Waals surface area (Å²) in [7, 11) is -2.20. The lowest BCUT2D eigenvalue weighted by Gasteiger charge is -2.07. The molecule has 0 aliphatic rings. The second kappa shape index (κ2) is 4.18. The van der Waals surface area contributed by atoms with Crippen molar-refractivity contribution in [1.29, 1.82) is 0 Å². The zero-order chi connectivity index (χ0) is 10.9. The quantitative estimate of drug-likeness (QED) is 0.890. The number of rotatable bonds is 2. The average molecular weight is 345 g/mol. The topological polar surface area (TPSA) is 69.4 Å². The zero-order valence-corrected chi connectivity index (χ0v) is 11.1. The van der Waals surface area contributed by atoms with Crippen LogP contribution in [0.15, 0.2) is 26.0 Å². The van der Waals surface area contributed by atoms with Crippen molar-refractivity contribution in [2.45, 2.75) is 4.90 Å². The van der Waals surface area contributed by atoms with Gasteiger partial charge in [0, 0.05) is 0 Å². The van der Waals surface area contributed by atoms with Crippen molar-refractivity contribution in [3.8, 4) is 5.75 Å². The molecule has 0 atom stereocenters. The lowest BCUT2D eigenvalue weighted by molar-refractivity contribution is 0.409. The molecule has 0 aromatic heterocycles. The van der Waals surface area contributed by atoms with E-state index in [2.05, 4.69) is 31.9 Å². The number of sulfonamides is 1. The average Bonchev–Trinajstić information content (AvgIpc) is 2.01. The van der Waals surface area contributed by atoms with Gasteiger partial charge in [0.25, 0.3) is 0 Å². The fraction of sp³-hybridized carbons (Fsp3) is 0.143. The van der Waals surface area contributed by atoms with Crippen LogP contribution in [0.1, 0.15) is 0 Å². The molecule has 0 fully saturated rings. The molecule has 1 aromatic carbocycles. The van der Waals surface area contributed by atoms with Crippen LogP contribution in [0.5, 0.6) is 5.75 Å². The Kier molecular flexibility index (Phi) is 3.57. The van der Waals surface area contributed by atoms with Crippen molar-refractivity contribution in [3.05, 3.63) is 21.1 Å². The Morgan fingerprint density at radius 1 is 1.29 bits per heavy atom. The molecule has 0 heterocycles. The van der Waals surface area contributed by atoms with Crippen molar-refractivity contribution < 1.29 is 13.2 Å². The first-order valence-corrected chi connectivity index (χ1v) is 6.55. The molecule has 0 spiro atoms. The van der Waals surface area contributed by atoms with Crippen molar-refractivity contribution in [3.63, 3.8) is 0 Å². The van der Waals surface area contributed by atoms with E-state index in [-0.39, 0.29) is 4.90 Å². The summed E-state index contributed by atoms with van der Waals surface area (Å²) in [6.45, 7) is 0. The number of halogens is 2. The smallest absolute Gasteiger partial charge is 0.238 e. The molecule has 0 aliphatic carbocycles. The Hall–Kier alpha value is -0.110. The van der Waals surface area contributed by atoms with E-state index in [4.69, 9.17) is 9.88 Å². The summed E-state index contributed by atoms with van der Waals surface area (Å²) in [5.74, 6) is 0.525. The normalized spacial score (nSPS) is 11.4. The Balaban J connectivity index is 3.43. The summed E-state index contributed by atoms with van der Waals surface area (Å²) in [5.41, 5.74) is 0. The highest BCUT2D eigenvalue weighted by Crippen LogP contribution is 2.35. The summed E-state index contributed by atoms with van der Waals surface area (Å²) < 4.78 is 28.1. The molecule has 2 N–H and O–H groups in total. The molecule has 0 radical (unpaired) electrons. The molecule has 1 aromatic rings. The fourth-order valence-corrected chi connectivity index (χ4v) is 3.27. The van der Waals surface area contributed by atoms with Gasteiger partial charge in [-0.05, 0) is 44.0 Å². The van der Waals surface area contributed by atoms with Crippen molar-refractivity contribution >= 4 is 41.9 Å². The highest BCUT2D eigenvalue weighted by molar-refractivity contribution is 9.11. The monoisotopic (exact) mass is 343 g/mol. The number of benzene rings is 1. The summed E-state index contributed by atoms with van der Waals surface area (Å²) in [6, 6.07) is 2.78. The van der Waals surface area contributed by atoms with E-state index in [1.807, 2.05) is 0 Å². The van der Waals surface area contributed by atoms with Crippen molar-refractivity contribution in [2.75, 3.05) is 7.11 Å². The molecular weight excluding hydrogens is 338 g/mol. The van der Waals surface area contributed by atoms with E-state index in [9.17, 15) is 8.42 Å². The second-order valence-electron chi connectivity index (χ2n) is 2.47. The number of nitrogens with two attached hydrogens (primary N) is 1. The Morgan fingerprint density at radius 3 is 2.00 bits per heavy atom. The summed E-state index contributed by atoms with van der Waals surface area (Å²) in [4.78, 5) is 0.0250. The maximum absolute atomic E-state index is 11.0. The van der Waals surface area contributed by atoms with Gasteiger partial charge in [-0.1, -0.05) is 0 Å². The van der Waals surface area contributed by atoms with Gasteiger partial charge >= 0.3 is 0 Å². The van der Waals surface area contributed by atoms with Gasteiger partial charge in [0.1, 0.15) is 5.75 Å². The van der Waals surface area contributed by atoms with Gasteiger partial charge in [0.2, 0.25) is 10.0 Å². The standard InChI is InChI=1S/C7H7Br2NO3S/c1-13-7-5(8)2-4(3-6(7)9)14(10,11)12/h2-3H,1H3,(H2,10,11,12). The maximum Gasteiger partial charge on any atom is 0.238 e. The lowest BCUT2D eigenvalue weighted by Crippen LogP contribution is -2.12. The maximum atomic E-state index is 11.0. The first kappa shape index (κ1) is 12.0. The molecule has 7 heteroatoms. The van der Waals surface area contributed by atoms with Crippen molar-refractivity contribution in [1.82, 2.24) is 0 Å². The largest absolute Gasteiger partial charge is 0.494 e. The fourth-order valence-electron chi connectivity index (χ4n) is 0.896. The van der Waals surface area contributed by atoms with E-state index < -0.39 is 10.0 Å². The van der Waals surface area contributed by atoms with Crippen LogP contribution in [0.2, 0.25) is 0 Å². The third-order valence-electron chi connectivity index (χ3n) is 1.50. The van der Waals surface area contributed by atoms with Gasteiger partial charge in [0.05, 0.1) is 21.0 Å². The Morgan fingerprint density at radius 2 is 1.71 bits per heavy atom. The minimum Gasteiger partial charge on any atom is -0.494 e. The Bertz CT molecular complexity index is 435. The molecule has 4 nitrogen and oxygen atoms in total. The first-order chi connectivity index (χ1) is 6.36. The minimum atomic E-state index is -3.69. The van der Waals surface area contributed by atoms with Crippen LogP contribution in [0.25, 0.3) is 0 Å². The number of methoxy groups -OCH3 is 1. The van der Waals surface area contributed by atoms with Gasteiger partial charge in [-0.3, -0.25) is 0 Å². The van der Waals surface area contributed by atoms with Gasteiger partial charge in [-0.25, -0.2) is 13.6 Å². The molecule has 0 saturated heterocycles. The highest BCUT2D eigenvalue weighted by Gasteiger charge is 2.14. The van der Waals surface area contributed by atoms with Crippen LogP contribution in [-0.4, -0.2) is 15.5 Å². The number of hydrogen-bond donors (Lipinski definition) is 1. The molecule has 78 valence electrons. The van der Waals surface area contributed by atoms with E-state index in [0.717, 1.165) is 0 Å². The van der Waals surface area contributed by atoms with Crippen LogP contribution in [-0.2, 0) is 10.0 Å². The molecule has 14 heavy (non-hydrogen) atoms. The highest BCUT2D eigenvalue weighted by atomic mass is 79.9. The van der Waals surface area contributed by atoms with Crippen LogP contribution in [0.4, 0.5) is 0 Å². The van der Waals surface area contributed by atoms with Gasteiger partial charge < -0.3 is 4.74 Å². The van der Waals surface area contributed by atoms with Gasteiger partial charge in [0.15, 0.2) is 0 Å². The predicted octanol–water partition coefficient (Wildman–Crippen LogP) is 1.87. The van der Waals surface area contributed by atoms with E-state index >= 15 is 0 Å². The van der Waals surface area contributed by atoms with Crippen molar-refractivity contribution in [2.24, 2.45) is 5.14 Å². The first-order valence-electron chi connectivity index (χ1n) is 3.42. The summed E-state index contributed by atoms with van der Waals surface area (Å²) >= 11 is 6.35. The zero-order valence-electron chi connectivity index (χ0n) is 7.12. The number of primary sulfonamides is 1. The molecule has 0 unspecified atom stereocenters. The van der Waals surface area contributed by atoms with E-state index in [0.29, 0.717) is 14.7 Å². The second-order valence-corrected chi connectivity index (χ2v) is 5.74. The van der Waals surface area contributed by atoms with Gasteiger partial charge in [-0.2, -0.15) is 0 Å². The summed E-state index contributed by atoms with van der Waals surface area (Å²) in [6.07, 6.45) is 0. The number of hydrogen-bond acceptors (Lipinski definition) is 3. The predicted molar refractivity (Wildman–Crippen MR) is 59.8 cm³/mol. The van der Waals surface area contributed by atoms with Crippen LogP contribution in [0.3, 0.4) is 0 Å². The molecule has 0 saturated carbocycles. The molecule has 0 aliphatic heterocycles. The van der Waals surface area contributed by atoms with E-state index in [1.165, 1.54) is 19.2 Å². The Labute approximate surface area is 98.7 Å². The van der Waals surface area contributed by atoms with Crippen LogP contribution in [0, 0.1) is 0 Å². The lowest BCUT2D eigenvalue weighted by atomic mass is 10.3. The van der Waals surface area contributed by atoms with Gasteiger partial charge in [-0.15, -0.1) is 0 Å². The molecule has 0 bridgehead atoms. The summed E-state index contributed by atoms with van der Waals surface area (Å²) in [5, 5.41) is 4.98. The molecule has 0 amide bonds. The third-order valence-corrected chi connectivity index (χ3v) is 3.58. The SMILES string of the molecule is COc1c(Br)cc(S(N)(=O)=O)cc1Br. The van der Waals surface area contributed by atoms with E-state index in [1.54, 1.807) is 0 Å². The van der Waals surface area contributed by atoms with Crippen LogP contribution < -0.4 is 9.88 Å². The minimum absolute atomic E-state index is 0.0250. The third kappa shape index (κ3) is 2.47.